The van der Waals surface area contributed by atoms with E-state index in [4.69, 9.17) is 4.52 Å². The average Bonchev–Trinajstić information content (AvgIpc) is 3.16. The lowest BCUT2D eigenvalue weighted by Crippen LogP contribution is -2.33. The van der Waals surface area contributed by atoms with Gasteiger partial charge < -0.3 is 9.42 Å². The summed E-state index contributed by atoms with van der Waals surface area (Å²) in [6.07, 6.45) is 6.52. The first-order chi connectivity index (χ1) is 11.7. The molecule has 1 aliphatic heterocycles. The highest BCUT2D eigenvalue weighted by molar-refractivity contribution is 5.88. The molecule has 1 unspecified atom stereocenters. The normalized spacial score (nSPS) is 20.9. The summed E-state index contributed by atoms with van der Waals surface area (Å²) < 4.78 is 5.21. The zero-order chi connectivity index (χ0) is 16.5. The van der Waals surface area contributed by atoms with Gasteiger partial charge in [-0.25, -0.2) is 9.78 Å². The maximum atomic E-state index is 12.4. The molecule has 0 radical (unpaired) electrons. The van der Waals surface area contributed by atoms with Crippen molar-refractivity contribution in [1.29, 1.82) is 0 Å². The van der Waals surface area contributed by atoms with E-state index in [1.54, 1.807) is 11.8 Å². The number of carbonyl (C=O) groups excluding carboxylic acids is 1. The highest BCUT2D eigenvalue weighted by atomic mass is 16.5. The Morgan fingerprint density at radius 2 is 2.17 bits per heavy atom. The molecule has 0 spiro atoms. The van der Waals surface area contributed by atoms with Crippen LogP contribution in [0.5, 0.6) is 0 Å². The van der Waals surface area contributed by atoms with Gasteiger partial charge in [0.15, 0.2) is 5.82 Å². The molecule has 0 aromatic carbocycles. The number of likely N-dealkylation sites (tertiary alicyclic amines) is 1. The van der Waals surface area contributed by atoms with Gasteiger partial charge in [0.25, 0.3) is 0 Å². The summed E-state index contributed by atoms with van der Waals surface area (Å²) in [6.45, 7) is 3.07. The first kappa shape index (κ1) is 15.1. The minimum absolute atomic E-state index is 0.117. The van der Waals surface area contributed by atoms with Crippen molar-refractivity contribution in [1.82, 2.24) is 20.0 Å². The standard InChI is InChI=1S/C17H21N5O2/c1-11-19-16(24-21-11)14-7-8-22(10-14)17(23)20-15-6-5-13(9-18-15)12-3-2-4-12/h5-6,9,12,14H,2-4,7-8,10H2,1H3,(H,18,20,23). The molecule has 4 rings (SSSR count). The van der Waals surface area contributed by atoms with E-state index in [0.717, 1.165) is 6.42 Å². The van der Waals surface area contributed by atoms with Crippen molar-refractivity contribution in [2.24, 2.45) is 0 Å². The van der Waals surface area contributed by atoms with Crippen molar-refractivity contribution in [3.05, 3.63) is 35.6 Å². The van der Waals surface area contributed by atoms with Crippen molar-refractivity contribution in [3.8, 4) is 0 Å². The highest BCUT2D eigenvalue weighted by Crippen LogP contribution is 2.36. The van der Waals surface area contributed by atoms with Gasteiger partial charge in [0.05, 0.1) is 5.92 Å². The maximum absolute atomic E-state index is 12.4. The number of carbonyl (C=O) groups is 1. The molecule has 1 N–H and O–H groups in total. The predicted octanol–water partition coefficient (Wildman–Crippen LogP) is 3.06. The zero-order valence-electron chi connectivity index (χ0n) is 13.7. The quantitative estimate of drug-likeness (QED) is 0.936. The molecule has 7 heteroatoms. The van der Waals surface area contributed by atoms with Crippen molar-refractivity contribution >= 4 is 11.8 Å². The molecule has 0 bridgehead atoms. The van der Waals surface area contributed by atoms with Gasteiger partial charge in [-0.05, 0) is 43.7 Å². The molecule has 2 fully saturated rings. The van der Waals surface area contributed by atoms with Crippen molar-refractivity contribution in [2.75, 3.05) is 18.4 Å². The molecule has 1 atom stereocenters. The number of nitrogens with one attached hydrogen (secondary N) is 1. The highest BCUT2D eigenvalue weighted by Gasteiger charge is 2.31. The Kier molecular flexibility index (Phi) is 3.92. The number of hydrogen-bond donors (Lipinski definition) is 1. The maximum Gasteiger partial charge on any atom is 0.323 e. The monoisotopic (exact) mass is 327 g/mol. The van der Waals surface area contributed by atoms with Gasteiger partial charge in [0.2, 0.25) is 5.89 Å². The predicted molar refractivity (Wildman–Crippen MR) is 87.8 cm³/mol. The summed E-state index contributed by atoms with van der Waals surface area (Å²) in [5.41, 5.74) is 1.27. The van der Waals surface area contributed by atoms with Crippen LogP contribution in [0.25, 0.3) is 0 Å². The minimum Gasteiger partial charge on any atom is -0.339 e. The van der Waals surface area contributed by atoms with Gasteiger partial charge in [-0.2, -0.15) is 4.98 Å². The molecular formula is C17H21N5O2. The second kappa shape index (κ2) is 6.22. The Hall–Kier alpha value is -2.44. The molecule has 24 heavy (non-hydrogen) atoms. The summed E-state index contributed by atoms with van der Waals surface area (Å²) >= 11 is 0. The van der Waals surface area contributed by atoms with Crippen LogP contribution in [0, 0.1) is 6.92 Å². The molecule has 2 aromatic rings. The van der Waals surface area contributed by atoms with E-state index in [2.05, 4.69) is 26.5 Å². The molecule has 1 aliphatic carbocycles. The van der Waals surface area contributed by atoms with Crippen LogP contribution in [0.15, 0.2) is 22.9 Å². The van der Waals surface area contributed by atoms with E-state index in [9.17, 15) is 4.79 Å². The molecule has 2 aliphatic rings. The Morgan fingerprint density at radius 3 is 2.79 bits per heavy atom. The van der Waals surface area contributed by atoms with Gasteiger partial charge in [-0.3, -0.25) is 5.32 Å². The van der Waals surface area contributed by atoms with Crippen LogP contribution in [0.1, 0.15) is 54.8 Å². The second-order valence-electron chi connectivity index (χ2n) is 6.65. The third-order valence-electron chi connectivity index (χ3n) is 4.97. The van der Waals surface area contributed by atoms with E-state index >= 15 is 0 Å². The molecule has 2 aromatic heterocycles. The number of rotatable bonds is 3. The van der Waals surface area contributed by atoms with E-state index < -0.39 is 0 Å². The first-order valence-corrected chi connectivity index (χ1v) is 8.51. The van der Waals surface area contributed by atoms with Gasteiger partial charge in [0.1, 0.15) is 5.82 Å². The average molecular weight is 327 g/mol. The first-order valence-electron chi connectivity index (χ1n) is 8.51. The fourth-order valence-electron chi connectivity index (χ4n) is 3.28. The molecule has 2 amide bonds. The van der Waals surface area contributed by atoms with Crippen LogP contribution < -0.4 is 5.32 Å². The van der Waals surface area contributed by atoms with Crippen LogP contribution in [0.4, 0.5) is 10.6 Å². The number of hydrogen-bond acceptors (Lipinski definition) is 5. The van der Waals surface area contributed by atoms with Crippen LogP contribution in [-0.4, -0.2) is 39.1 Å². The fraction of sp³-hybridized carbons (Fsp3) is 0.529. The lowest BCUT2D eigenvalue weighted by Gasteiger charge is -2.25. The molecule has 1 saturated heterocycles. The Bertz CT molecular complexity index is 723. The van der Waals surface area contributed by atoms with Crippen molar-refractivity contribution in [2.45, 2.75) is 44.4 Å². The molecule has 126 valence electrons. The lowest BCUT2D eigenvalue weighted by molar-refractivity contribution is 0.221. The van der Waals surface area contributed by atoms with Crippen molar-refractivity contribution < 1.29 is 9.32 Å². The number of pyridine rings is 1. The molecule has 7 nitrogen and oxygen atoms in total. The number of anilines is 1. The van der Waals surface area contributed by atoms with Crippen LogP contribution in [-0.2, 0) is 0 Å². The largest absolute Gasteiger partial charge is 0.339 e. The van der Waals surface area contributed by atoms with Crippen LogP contribution >= 0.6 is 0 Å². The number of urea groups is 1. The Labute approximate surface area is 140 Å². The third-order valence-corrected chi connectivity index (χ3v) is 4.97. The third kappa shape index (κ3) is 2.98. The van der Waals surface area contributed by atoms with Gasteiger partial charge in [-0.15, -0.1) is 0 Å². The summed E-state index contributed by atoms with van der Waals surface area (Å²) in [5, 5.41) is 6.69. The number of amides is 2. The van der Waals surface area contributed by atoms with Crippen molar-refractivity contribution in [3.63, 3.8) is 0 Å². The van der Waals surface area contributed by atoms with E-state index in [0.29, 0.717) is 36.5 Å². The van der Waals surface area contributed by atoms with E-state index in [1.165, 1.54) is 24.8 Å². The van der Waals surface area contributed by atoms with Gasteiger partial charge in [0, 0.05) is 19.3 Å². The zero-order valence-corrected chi connectivity index (χ0v) is 13.7. The number of aryl methyl sites for hydroxylation is 1. The second-order valence-corrected chi connectivity index (χ2v) is 6.65. The fourth-order valence-corrected chi connectivity index (χ4v) is 3.28. The molecular weight excluding hydrogens is 306 g/mol. The van der Waals surface area contributed by atoms with Crippen LogP contribution in [0.3, 0.4) is 0 Å². The molecule has 3 heterocycles. The Balaban J connectivity index is 1.34. The summed E-state index contributed by atoms with van der Waals surface area (Å²) in [7, 11) is 0. The summed E-state index contributed by atoms with van der Waals surface area (Å²) in [6, 6.07) is 3.83. The smallest absolute Gasteiger partial charge is 0.323 e. The topological polar surface area (TPSA) is 84.2 Å². The number of nitrogens with zero attached hydrogens (tertiary/aromatic N) is 4. The Morgan fingerprint density at radius 1 is 1.29 bits per heavy atom. The SMILES string of the molecule is Cc1noc(C2CCN(C(=O)Nc3ccc(C4CCC4)cn3)C2)n1. The van der Waals surface area contributed by atoms with Gasteiger partial charge in [-0.1, -0.05) is 17.6 Å². The van der Waals surface area contributed by atoms with Gasteiger partial charge >= 0.3 is 6.03 Å². The summed E-state index contributed by atoms with van der Waals surface area (Å²) in [5.74, 6) is 2.61. The summed E-state index contributed by atoms with van der Waals surface area (Å²) in [4.78, 5) is 22.8. The molecule has 1 saturated carbocycles. The lowest BCUT2D eigenvalue weighted by atomic mass is 9.81. The van der Waals surface area contributed by atoms with E-state index in [-0.39, 0.29) is 11.9 Å². The number of aromatic nitrogens is 3. The van der Waals surface area contributed by atoms with E-state index in [1.807, 2.05) is 12.3 Å². The van der Waals surface area contributed by atoms with Crippen LogP contribution in [0.2, 0.25) is 0 Å². The minimum atomic E-state index is -0.127.